The van der Waals surface area contributed by atoms with E-state index in [0.717, 1.165) is 12.0 Å². The van der Waals surface area contributed by atoms with E-state index < -0.39 is 5.97 Å². The number of hydrogen-bond donors (Lipinski definition) is 2. The van der Waals surface area contributed by atoms with Gasteiger partial charge in [-0.2, -0.15) is 0 Å². The van der Waals surface area contributed by atoms with Gasteiger partial charge in [0.05, 0.1) is 5.92 Å². The van der Waals surface area contributed by atoms with Crippen LogP contribution in [0.5, 0.6) is 0 Å². The minimum absolute atomic E-state index is 0.0143. The van der Waals surface area contributed by atoms with Crippen molar-refractivity contribution in [3.63, 3.8) is 0 Å². The molecule has 0 radical (unpaired) electrons. The molecule has 132 valence electrons. The van der Waals surface area contributed by atoms with Crippen molar-refractivity contribution in [2.24, 2.45) is 5.92 Å². The molecule has 0 atom stereocenters. The molecule has 1 fully saturated rings. The Hall–Kier alpha value is -2.56. The van der Waals surface area contributed by atoms with Gasteiger partial charge in [-0.25, -0.2) is 0 Å². The predicted molar refractivity (Wildman–Crippen MR) is 94.4 cm³/mol. The zero-order valence-corrected chi connectivity index (χ0v) is 14.3. The van der Waals surface area contributed by atoms with E-state index in [1.165, 1.54) is 5.56 Å². The molecule has 1 aromatic heterocycles. The van der Waals surface area contributed by atoms with Crippen LogP contribution >= 0.6 is 0 Å². The van der Waals surface area contributed by atoms with Gasteiger partial charge in [-0.3, -0.25) is 9.59 Å². The van der Waals surface area contributed by atoms with Crippen LogP contribution < -0.4 is 5.32 Å². The van der Waals surface area contributed by atoms with E-state index in [-0.39, 0.29) is 23.6 Å². The molecule has 5 nitrogen and oxygen atoms in total. The number of carbonyl (C=O) groups is 2. The third-order valence-electron chi connectivity index (χ3n) is 4.89. The lowest BCUT2D eigenvalue weighted by atomic mass is 9.86. The van der Waals surface area contributed by atoms with Crippen molar-refractivity contribution in [3.05, 3.63) is 47.7 Å². The zero-order chi connectivity index (χ0) is 17.8. The van der Waals surface area contributed by atoms with E-state index in [2.05, 4.69) is 24.4 Å². The normalized spacial score (nSPS) is 20.2. The summed E-state index contributed by atoms with van der Waals surface area (Å²) in [5.41, 5.74) is 2.20. The lowest BCUT2D eigenvalue weighted by Gasteiger charge is -2.26. The number of carboxylic acid groups (broad SMARTS) is 1. The van der Waals surface area contributed by atoms with Gasteiger partial charge in [0.25, 0.3) is 5.91 Å². The SMILES string of the molecule is CCc1ccc(-c2ccc(C(=O)NC3CCC(C(=O)O)CC3)o2)cc1. The highest BCUT2D eigenvalue weighted by molar-refractivity contribution is 5.92. The van der Waals surface area contributed by atoms with Gasteiger partial charge in [-0.15, -0.1) is 0 Å². The molecule has 1 amide bonds. The van der Waals surface area contributed by atoms with Crippen LogP contribution in [0.3, 0.4) is 0 Å². The molecule has 0 spiro atoms. The van der Waals surface area contributed by atoms with Gasteiger partial charge >= 0.3 is 5.97 Å². The van der Waals surface area contributed by atoms with Crippen molar-refractivity contribution >= 4 is 11.9 Å². The first kappa shape index (κ1) is 17.3. The third kappa shape index (κ3) is 4.10. The highest BCUT2D eigenvalue weighted by atomic mass is 16.4. The van der Waals surface area contributed by atoms with Crippen LogP contribution in [0, 0.1) is 5.92 Å². The number of rotatable bonds is 5. The number of amides is 1. The topological polar surface area (TPSA) is 79.5 Å². The molecule has 0 bridgehead atoms. The molecular formula is C20H23NO4. The van der Waals surface area contributed by atoms with Crippen LogP contribution in [0.2, 0.25) is 0 Å². The van der Waals surface area contributed by atoms with E-state index in [4.69, 9.17) is 9.52 Å². The molecule has 0 unspecified atom stereocenters. The maximum atomic E-state index is 12.4. The monoisotopic (exact) mass is 341 g/mol. The van der Waals surface area contributed by atoms with Crippen LogP contribution in [0.1, 0.15) is 48.7 Å². The number of benzene rings is 1. The molecule has 0 aliphatic heterocycles. The molecule has 1 saturated carbocycles. The summed E-state index contributed by atoms with van der Waals surface area (Å²) in [7, 11) is 0. The fourth-order valence-electron chi connectivity index (χ4n) is 3.26. The van der Waals surface area contributed by atoms with Crippen LogP contribution in [0.25, 0.3) is 11.3 Å². The van der Waals surface area contributed by atoms with Crippen molar-refractivity contribution in [2.75, 3.05) is 0 Å². The zero-order valence-electron chi connectivity index (χ0n) is 14.3. The fourth-order valence-corrected chi connectivity index (χ4v) is 3.26. The summed E-state index contributed by atoms with van der Waals surface area (Å²) in [5, 5.41) is 12.0. The molecule has 3 rings (SSSR count). The van der Waals surface area contributed by atoms with Crippen molar-refractivity contribution in [1.82, 2.24) is 5.32 Å². The van der Waals surface area contributed by atoms with E-state index in [1.807, 2.05) is 12.1 Å². The number of hydrogen-bond acceptors (Lipinski definition) is 3. The summed E-state index contributed by atoms with van der Waals surface area (Å²) < 4.78 is 5.70. The molecule has 5 heteroatoms. The Morgan fingerprint density at radius 1 is 1.08 bits per heavy atom. The van der Waals surface area contributed by atoms with Gasteiger partial charge in [-0.1, -0.05) is 31.2 Å². The number of aliphatic carboxylic acids is 1. The highest BCUT2D eigenvalue weighted by Crippen LogP contribution is 2.26. The second-order valence-corrected chi connectivity index (χ2v) is 6.57. The van der Waals surface area contributed by atoms with Gasteiger partial charge in [0.15, 0.2) is 5.76 Å². The quantitative estimate of drug-likeness (QED) is 0.865. The number of carboxylic acids is 1. The van der Waals surface area contributed by atoms with Gasteiger partial charge < -0.3 is 14.8 Å². The molecule has 2 N–H and O–H groups in total. The Labute approximate surface area is 147 Å². The Morgan fingerprint density at radius 2 is 1.76 bits per heavy atom. The number of aryl methyl sites for hydroxylation is 1. The molecule has 0 saturated heterocycles. The van der Waals surface area contributed by atoms with Crippen LogP contribution in [-0.2, 0) is 11.2 Å². The molecule has 1 aliphatic carbocycles. The molecule has 2 aromatic rings. The van der Waals surface area contributed by atoms with E-state index >= 15 is 0 Å². The van der Waals surface area contributed by atoms with E-state index in [0.29, 0.717) is 31.4 Å². The number of nitrogens with one attached hydrogen (secondary N) is 1. The summed E-state index contributed by atoms with van der Waals surface area (Å²) in [4.78, 5) is 23.3. The van der Waals surface area contributed by atoms with Crippen LogP contribution in [0.15, 0.2) is 40.8 Å². The summed E-state index contributed by atoms with van der Waals surface area (Å²) in [5.74, 6) is -0.309. The smallest absolute Gasteiger partial charge is 0.306 e. The predicted octanol–water partition coefficient (Wildman–Crippen LogP) is 3.88. The van der Waals surface area contributed by atoms with Crippen molar-refractivity contribution in [2.45, 2.75) is 45.1 Å². The standard InChI is InChI=1S/C20H23NO4/c1-2-13-3-5-14(6-4-13)17-11-12-18(25-17)19(22)21-16-9-7-15(8-10-16)20(23)24/h3-6,11-12,15-16H,2,7-10H2,1H3,(H,21,22)(H,23,24). The summed E-state index contributed by atoms with van der Waals surface area (Å²) in [6.45, 7) is 2.11. The van der Waals surface area contributed by atoms with Gasteiger partial charge in [0, 0.05) is 11.6 Å². The van der Waals surface area contributed by atoms with Crippen LogP contribution in [0.4, 0.5) is 0 Å². The molecule has 1 aromatic carbocycles. The number of furan rings is 1. The first-order chi connectivity index (χ1) is 12.1. The Morgan fingerprint density at radius 3 is 2.36 bits per heavy atom. The van der Waals surface area contributed by atoms with Crippen molar-refractivity contribution in [3.8, 4) is 11.3 Å². The summed E-state index contributed by atoms with van der Waals surface area (Å²) in [6, 6.07) is 11.6. The minimum atomic E-state index is -0.741. The van der Waals surface area contributed by atoms with Crippen LogP contribution in [-0.4, -0.2) is 23.0 Å². The van der Waals surface area contributed by atoms with E-state index in [1.54, 1.807) is 12.1 Å². The second kappa shape index (κ2) is 7.55. The Balaban J connectivity index is 1.60. The second-order valence-electron chi connectivity index (χ2n) is 6.57. The number of carbonyl (C=O) groups excluding carboxylic acids is 1. The Bertz CT molecular complexity index is 739. The molecular weight excluding hydrogens is 318 g/mol. The average molecular weight is 341 g/mol. The molecule has 1 aliphatic rings. The van der Waals surface area contributed by atoms with Crippen molar-refractivity contribution in [1.29, 1.82) is 0 Å². The average Bonchev–Trinajstić information content (AvgIpc) is 3.12. The van der Waals surface area contributed by atoms with Gasteiger partial charge in [0.1, 0.15) is 5.76 Å². The largest absolute Gasteiger partial charge is 0.481 e. The molecule has 1 heterocycles. The Kier molecular flexibility index (Phi) is 5.22. The van der Waals surface area contributed by atoms with E-state index in [9.17, 15) is 9.59 Å². The summed E-state index contributed by atoms with van der Waals surface area (Å²) in [6.07, 6.45) is 3.57. The summed E-state index contributed by atoms with van der Waals surface area (Å²) >= 11 is 0. The highest BCUT2D eigenvalue weighted by Gasteiger charge is 2.27. The fraction of sp³-hybridized carbons (Fsp3) is 0.400. The van der Waals surface area contributed by atoms with Crippen molar-refractivity contribution < 1.29 is 19.1 Å². The molecule has 25 heavy (non-hydrogen) atoms. The van der Waals surface area contributed by atoms with Gasteiger partial charge in [-0.05, 0) is 49.8 Å². The third-order valence-corrected chi connectivity index (χ3v) is 4.89. The van der Waals surface area contributed by atoms with Gasteiger partial charge in [0.2, 0.25) is 0 Å². The maximum absolute atomic E-state index is 12.4. The minimum Gasteiger partial charge on any atom is -0.481 e. The first-order valence-electron chi connectivity index (χ1n) is 8.79. The maximum Gasteiger partial charge on any atom is 0.306 e. The first-order valence-corrected chi connectivity index (χ1v) is 8.79. The lowest BCUT2D eigenvalue weighted by molar-refractivity contribution is -0.142. The lowest BCUT2D eigenvalue weighted by Crippen LogP contribution is -2.38.